The molecule has 0 aliphatic carbocycles. The summed E-state index contributed by atoms with van der Waals surface area (Å²) in [5.41, 5.74) is 0. The minimum absolute atomic E-state index is 0.00562. The summed E-state index contributed by atoms with van der Waals surface area (Å²) in [7, 11) is -3.67. The van der Waals surface area contributed by atoms with E-state index in [0.29, 0.717) is 18.6 Å². The van der Waals surface area contributed by atoms with Gasteiger partial charge in [-0.2, -0.15) is 8.42 Å². The van der Waals surface area contributed by atoms with E-state index < -0.39 is 10.1 Å². The molecule has 0 amide bonds. The van der Waals surface area contributed by atoms with Gasteiger partial charge in [0.25, 0.3) is 10.1 Å². The summed E-state index contributed by atoms with van der Waals surface area (Å²) in [6.07, 6.45) is 0.493. The highest BCUT2D eigenvalue weighted by Gasteiger charge is 2.18. The van der Waals surface area contributed by atoms with Crippen molar-refractivity contribution in [3.05, 3.63) is 24.3 Å². The molecule has 7 heteroatoms. The van der Waals surface area contributed by atoms with Gasteiger partial charge in [-0.3, -0.25) is 4.55 Å². The first-order valence-corrected chi connectivity index (χ1v) is 6.67. The molecule has 0 radical (unpaired) electrons. The van der Waals surface area contributed by atoms with E-state index in [2.05, 4.69) is 0 Å². The molecule has 2 N–H and O–H groups in total. The smallest absolute Gasteiger partial charge is 0.261 e. The molecule has 0 saturated heterocycles. The Bertz CT molecular complexity index is 448. The topological polar surface area (TPSA) is 93.1 Å². The molecule has 17 heavy (non-hydrogen) atoms. The van der Waals surface area contributed by atoms with Crippen LogP contribution < -0.4 is 9.47 Å². The van der Waals surface area contributed by atoms with E-state index >= 15 is 0 Å². The average Bonchev–Trinajstić information content (AvgIpc) is 2.26. The van der Waals surface area contributed by atoms with Crippen LogP contribution in [0.4, 0.5) is 0 Å². The van der Waals surface area contributed by atoms with Gasteiger partial charge in [-0.05, 0) is 12.1 Å². The summed E-state index contributed by atoms with van der Waals surface area (Å²) in [4.78, 5) is 0. The normalized spacial score (nSPS) is 17.9. The zero-order valence-electron chi connectivity index (χ0n) is 9.24. The van der Waals surface area contributed by atoms with Gasteiger partial charge in [0.1, 0.15) is 6.61 Å². The molecule has 1 aliphatic rings. The largest absolute Gasteiger partial charge is 0.486 e. The fourth-order valence-electron chi connectivity index (χ4n) is 1.15. The SMILES string of the molecule is CS(=O)(=O)O.OCC1COc2ccccc2O1. The Morgan fingerprint density at radius 2 is 1.88 bits per heavy atom. The van der Waals surface area contributed by atoms with Crippen LogP contribution in [0.15, 0.2) is 24.3 Å². The number of ether oxygens (including phenoxy) is 2. The first-order valence-electron chi connectivity index (χ1n) is 4.82. The number of hydrogen-bond donors (Lipinski definition) is 2. The van der Waals surface area contributed by atoms with Crippen molar-refractivity contribution < 1.29 is 27.6 Å². The Balaban J connectivity index is 0.000000249. The second-order valence-electron chi connectivity index (χ2n) is 3.41. The van der Waals surface area contributed by atoms with Crippen LogP contribution in [0.5, 0.6) is 11.5 Å². The van der Waals surface area contributed by atoms with Crippen molar-refractivity contribution in [1.82, 2.24) is 0 Å². The Morgan fingerprint density at radius 3 is 2.41 bits per heavy atom. The highest BCUT2D eigenvalue weighted by molar-refractivity contribution is 7.85. The third kappa shape index (κ3) is 5.53. The molecule has 0 fully saturated rings. The predicted molar refractivity (Wildman–Crippen MR) is 60.9 cm³/mol. The monoisotopic (exact) mass is 262 g/mol. The summed E-state index contributed by atoms with van der Waals surface area (Å²) < 4.78 is 36.6. The van der Waals surface area contributed by atoms with Crippen molar-refractivity contribution in [2.75, 3.05) is 19.5 Å². The Kier molecular flexibility index (Phi) is 4.73. The maximum absolute atomic E-state index is 9.19. The van der Waals surface area contributed by atoms with Gasteiger partial charge in [-0.15, -0.1) is 0 Å². The summed E-state index contributed by atoms with van der Waals surface area (Å²) in [6.45, 7) is 0.418. The summed E-state index contributed by atoms with van der Waals surface area (Å²) >= 11 is 0. The molecule has 1 aromatic rings. The number of aliphatic hydroxyl groups is 1. The molecule has 1 aromatic carbocycles. The Hall–Kier alpha value is -1.31. The number of para-hydroxylation sites is 2. The van der Waals surface area contributed by atoms with Crippen LogP contribution >= 0.6 is 0 Å². The highest BCUT2D eigenvalue weighted by Crippen LogP contribution is 2.30. The summed E-state index contributed by atoms with van der Waals surface area (Å²) in [6, 6.07) is 7.45. The van der Waals surface area contributed by atoms with Crippen LogP contribution in [0.2, 0.25) is 0 Å². The van der Waals surface area contributed by atoms with Crippen LogP contribution in [0.25, 0.3) is 0 Å². The van der Waals surface area contributed by atoms with Crippen LogP contribution in [-0.2, 0) is 10.1 Å². The van der Waals surface area contributed by atoms with Gasteiger partial charge in [0.15, 0.2) is 17.6 Å². The van der Waals surface area contributed by atoms with Gasteiger partial charge in [0, 0.05) is 0 Å². The van der Waals surface area contributed by atoms with E-state index in [1.54, 1.807) is 0 Å². The van der Waals surface area contributed by atoms with Crippen LogP contribution in [-0.4, -0.2) is 43.7 Å². The van der Waals surface area contributed by atoms with Crippen LogP contribution in [0, 0.1) is 0 Å². The van der Waals surface area contributed by atoms with Crippen LogP contribution in [0.3, 0.4) is 0 Å². The van der Waals surface area contributed by atoms with E-state index in [0.717, 1.165) is 5.75 Å². The summed E-state index contributed by atoms with van der Waals surface area (Å²) in [5.74, 6) is 1.46. The van der Waals surface area contributed by atoms with Crippen molar-refractivity contribution in [3.63, 3.8) is 0 Å². The average molecular weight is 262 g/mol. The number of rotatable bonds is 1. The fraction of sp³-hybridized carbons (Fsp3) is 0.400. The molecule has 6 nitrogen and oxygen atoms in total. The standard InChI is InChI=1S/C9H10O3.CH4O3S/c10-5-7-6-11-8-3-1-2-4-9(8)12-7;1-5(2,3)4/h1-4,7,10H,5-6H2;1H3,(H,2,3,4). The lowest BCUT2D eigenvalue weighted by Gasteiger charge is -2.24. The molecule has 2 rings (SSSR count). The third-order valence-electron chi connectivity index (χ3n) is 1.77. The molecule has 1 atom stereocenters. The van der Waals surface area contributed by atoms with E-state index in [1.807, 2.05) is 24.3 Å². The van der Waals surface area contributed by atoms with E-state index in [1.165, 1.54) is 0 Å². The molecule has 0 saturated carbocycles. The molecule has 0 aromatic heterocycles. The molecule has 1 heterocycles. The zero-order chi connectivity index (χ0) is 12.9. The first kappa shape index (κ1) is 13.8. The van der Waals surface area contributed by atoms with E-state index in [-0.39, 0.29) is 12.7 Å². The van der Waals surface area contributed by atoms with Gasteiger partial charge in [-0.25, -0.2) is 0 Å². The Morgan fingerprint density at radius 1 is 1.35 bits per heavy atom. The molecular formula is C10H14O6S. The van der Waals surface area contributed by atoms with Gasteiger partial charge in [0.2, 0.25) is 0 Å². The molecule has 1 unspecified atom stereocenters. The second-order valence-corrected chi connectivity index (χ2v) is 4.88. The minimum Gasteiger partial charge on any atom is -0.486 e. The lowest BCUT2D eigenvalue weighted by molar-refractivity contribution is 0.0456. The molecule has 96 valence electrons. The number of hydrogen-bond acceptors (Lipinski definition) is 5. The predicted octanol–water partition coefficient (Wildman–Crippen LogP) is 0.323. The zero-order valence-corrected chi connectivity index (χ0v) is 10.1. The minimum atomic E-state index is -3.67. The second kappa shape index (κ2) is 5.85. The van der Waals surface area contributed by atoms with Gasteiger partial charge >= 0.3 is 0 Å². The fourth-order valence-corrected chi connectivity index (χ4v) is 1.15. The third-order valence-corrected chi connectivity index (χ3v) is 1.77. The maximum Gasteiger partial charge on any atom is 0.261 e. The van der Waals surface area contributed by atoms with Crippen molar-refractivity contribution in [1.29, 1.82) is 0 Å². The highest BCUT2D eigenvalue weighted by atomic mass is 32.2. The van der Waals surface area contributed by atoms with E-state index in [9.17, 15) is 8.42 Å². The number of benzene rings is 1. The van der Waals surface area contributed by atoms with Crippen LogP contribution in [0.1, 0.15) is 0 Å². The lowest BCUT2D eigenvalue weighted by atomic mass is 10.3. The molecule has 0 spiro atoms. The van der Waals surface area contributed by atoms with Crippen molar-refractivity contribution in [3.8, 4) is 11.5 Å². The van der Waals surface area contributed by atoms with Crippen molar-refractivity contribution in [2.45, 2.75) is 6.10 Å². The van der Waals surface area contributed by atoms with E-state index in [4.69, 9.17) is 19.1 Å². The molecule has 1 aliphatic heterocycles. The Labute approximate surface area is 99.5 Å². The van der Waals surface area contributed by atoms with Gasteiger partial charge in [0.05, 0.1) is 12.9 Å². The van der Waals surface area contributed by atoms with Crippen molar-refractivity contribution in [2.24, 2.45) is 0 Å². The van der Waals surface area contributed by atoms with Crippen molar-refractivity contribution >= 4 is 10.1 Å². The molecule has 0 bridgehead atoms. The number of aliphatic hydroxyl groups excluding tert-OH is 1. The van der Waals surface area contributed by atoms with Gasteiger partial charge in [-0.1, -0.05) is 12.1 Å². The number of fused-ring (bicyclic) bond motifs is 1. The van der Waals surface area contributed by atoms with Gasteiger partial charge < -0.3 is 14.6 Å². The quantitative estimate of drug-likeness (QED) is 0.708. The maximum atomic E-state index is 9.19. The molecular weight excluding hydrogens is 248 g/mol. The summed E-state index contributed by atoms with van der Waals surface area (Å²) in [5, 5.41) is 8.81. The lowest BCUT2D eigenvalue weighted by Crippen LogP contribution is -2.32. The first-order chi connectivity index (χ1) is 7.90.